The number of nitrogens with one attached hydrogen (secondary N) is 2. The molecule has 0 bridgehead atoms. The first-order valence-electron chi connectivity index (χ1n) is 15.7. The van der Waals surface area contributed by atoms with Crippen molar-refractivity contribution in [2.24, 2.45) is 16.8 Å². The molecule has 4 aliphatic rings. The Morgan fingerprint density at radius 3 is 2.58 bits per heavy atom. The Bertz CT molecular complexity index is 1560. The number of likely N-dealkylation sites (tertiary alicyclic amines) is 1. The molecule has 7 heteroatoms. The molecule has 2 aromatic rings. The fraction of sp³-hybridized carbons (Fsp3) is 0.417. The lowest BCUT2D eigenvalue weighted by molar-refractivity contribution is 0.0801. The molecule has 2 aromatic carbocycles. The molecule has 0 aromatic heterocycles. The van der Waals surface area contributed by atoms with Gasteiger partial charge in [-0.2, -0.15) is 0 Å². The van der Waals surface area contributed by atoms with Crippen LogP contribution < -0.4 is 10.2 Å². The van der Waals surface area contributed by atoms with Crippen LogP contribution in [0.3, 0.4) is 0 Å². The van der Waals surface area contributed by atoms with Crippen molar-refractivity contribution in [1.29, 1.82) is 5.41 Å². The van der Waals surface area contributed by atoms with E-state index in [9.17, 15) is 4.79 Å². The highest BCUT2D eigenvalue weighted by atomic mass is 16.2. The number of anilines is 1. The van der Waals surface area contributed by atoms with Crippen LogP contribution in [0.25, 0.3) is 0 Å². The van der Waals surface area contributed by atoms with Crippen LogP contribution >= 0.6 is 0 Å². The number of amidine groups is 1. The minimum atomic E-state index is 0.0271. The molecule has 7 nitrogen and oxygen atoms in total. The number of amides is 1. The maximum absolute atomic E-state index is 14.2. The average Bonchev–Trinajstić information content (AvgIpc) is 3.50. The van der Waals surface area contributed by atoms with Gasteiger partial charge in [-0.15, -0.1) is 0 Å². The number of nitrogens with zero attached hydrogens (tertiary/aromatic N) is 4. The van der Waals surface area contributed by atoms with Crippen LogP contribution in [0, 0.1) is 17.2 Å². The predicted molar refractivity (Wildman–Crippen MR) is 176 cm³/mol. The Morgan fingerprint density at radius 1 is 1.07 bits per heavy atom. The summed E-state index contributed by atoms with van der Waals surface area (Å²) in [6.07, 6.45) is 6.66. The highest BCUT2D eigenvalue weighted by Gasteiger charge is 2.39. The molecule has 3 atom stereocenters. The van der Waals surface area contributed by atoms with Gasteiger partial charge in [0.2, 0.25) is 0 Å². The number of hydrogen-bond acceptors (Lipinski definition) is 6. The number of fused-ring (bicyclic) bond motifs is 4. The molecule has 1 amide bonds. The predicted octanol–water partition coefficient (Wildman–Crippen LogP) is 6.00. The summed E-state index contributed by atoms with van der Waals surface area (Å²) in [6.45, 7) is 11.8. The summed E-state index contributed by atoms with van der Waals surface area (Å²) < 4.78 is 0. The van der Waals surface area contributed by atoms with Crippen molar-refractivity contribution < 1.29 is 4.79 Å². The Labute approximate surface area is 256 Å². The van der Waals surface area contributed by atoms with E-state index >= 15 is 0 Å². The number of carbonyl (C=O) groups excluding carboxylic acids is 1. The van der Waals surface area contributed by atoms with Crippen molar-refractivity contribution in [2.75, 3.05) is 38.1 Å². The topological polar surface area (TPSA) is 75.0 Å². The standard InChI is InChI=1S/C36H44N6O/c1-23-14-15-27-10-6-7-11-30(27)35(40-17-16-28(21-40)29(19-37)20-38-5)39-32(23)22-41-34-18-24(2)25(3)26(4)42(34)33-13-9-8-12-31(33)36(41)43/h6-13,18-19,26,28-29,37-38H,14-17,20-22H2,1-5H3. The van der Waals surface area contributed by atoms with E-state index in [1.54, 1.807) is 6.21 Å². The summed E-state index contributed by atoms with van der Waals surface area (Å²) in [4.78, 5) is 26.4. The van der Waals surface area contributed by atoms with E-state index in [1.165, 1.54) is 27.8 Å². The molecule has 2 N–H and O–H groups in total. The van der Waals surface area contributed by atoms with E-state index in [0.29, 0.717) is 12.5 Å². The van der Waals surface area contributed by atoms with Gasteiger partial charge in [-0.25, -0.2) is 4.99 Å². The fourth-order valence-electron chi connectivity index (χ4n) is 7.10. The zero-order valence-corrected chi connectivity index (χ0v) is 26.2. The van der Waals surface area contributed by atoms with Gasteiger partial charge in [-0.3, -0.25) is 9.69 Å². The third-order valence-corrected chi connectivity index (χ3v) is 10.00. The molecule has 3 unspecified atom stereocenters. The highest BCUT2D eigenvalue weighted by Crippen LogP contribution is 2.40. The Morgan fingerprint density at radius 2 is 1.81 bits per heavy atom. The number of aliphatic imine (C=N–C) groups is 1. The second kappa shape index (κ2) is 12.0. The van der Waals surface area contributed by atoms with Gasteiger partial charge in [-0.1, -0.05) is 36.4 Å². The van der Waals surface area contributed by atoms with E-state index in [2.05, 4.69) is 79.2 Å². The van der Waals surface area contributed by atoms with Crippen LogP contribution in [0.4, 0.5) is 5.69 Å². The second-order valence-corrected chi connectivity index (χ2v) is 12.5. The molecule has 0 spiro atoms. The Hall–Kier alpha value is -3.97. The normalized spacial score (nSPS) is 22.8. The van der Waals surface area contributed by atoms with E-state index < -0.39 is 0 Å². The second-order valence-electron chi connectivity index (χ2n) is 12.5. The van der Waals surface area contributed by atoms with Gasteiger partial charge in [0.25, 0.3) is 5.91 Å². The number of aryl methyl sites for hydroxylation is 1. The molecule has 4 aliphatic heterocycles. The monoisotopic (exact) mass is 576 g/mol. The molecule has 6 rings (SSSR count). The van der Waals surface area contributed by atoms with Gasteiger partial charge in [0.05, 0.1) is 29.5 Å². The van der Waals surface area contributed by atoms with Crippen LogP contribution in [0.5, 0.6) is 0 Å². The molecular weight excluding hydrogens is 532 g/mol. The van der Waals surface area contributed by atoms with Crippen molar-refractivity contribution in [3.63, 3.8) is 0 Å². The first kappa shape index (κ1) is 29.1. The largest absolute Gasteiger partial charge is 0.356 e. The van der Waals surface area contributed by atoms with Crippen molar-refractivity contribution in [3.8, 4) is 0 Å². The van der Waals surface area contributed by atoms with Crippen LogP contribution in [0.15, 0.2) is 87.8 Å². The van der Waals surface area contributed by atoms with Crippen LogP contribution in [-0.4, -0.2) is 67.0 Å². The molecule has 0 aliphatic carbocycles. The quantitative estimate of drug-likeness (QED) is 0.414. The van der Waals surface area contributed by atoms with Gasteiger partial charge in [0, 0.05) is 31.1 Å². The SMILES string of the molecule is CNCC(C=N)C1CCN(C2=NC(CN3C(=O)c4ccccc4N4C3=CC(C)=C(C)C4C)=C(C)CCc3ccccc32)C1. The minimum Gasteiger partial charge on any atom is -0.356 e. The van der Waals surface area contributed by atoms with Gasteiger partial charge < -0.3 is 20.5 Å². The summed E-state index contributed by atoms with van der Waals surface area (Å²) in [6, 6.07) is 16.8. The zero-order valence-electron chi connectivity index (χ0n) is 26.2. The minimum absolute atomic E-state index is 0.0271. The summed E-state index contributed by atoms with van der Waals surface area (Å²) >= 11 is 0. The Kier molecular flexibility index (Phi) is 8.10. The van der Waals surface area contributed by atoms with Gasteiger partial charge >= 0.3 is 0 Å². The third kappa shape index (κ3) is 5.24. The van der Waals surface area contributed by atoms with E-state index in [0.717, 1.165) is 67.5 Å². The lowest BCUT2D eigenvalue weighted by Gasteiger charge is -2.46. The number of rotatable bonds is 6. The van der Waals surface area contributed by atoms with Crippen molar-refractivity contribution >= 4 is 23.6 Å². The maximum atomic E-state index is 14.2. The van der Waals surface area contributed by atoms with Gasteiger partial charge in [0.1, 0.15) is 11.7 Å². The first-order chi connectivity index (χ1) is 20.8. The zero-order chi connectivity index (χ0) is 30.2. The first-order valence-corrected chi connectivity index (χ1v) is 15.7. The van der Waals surface area contributed by atoms with Crippen LogP contribution in [-0.2, 0) is 6.42 Å². The number of para-hydroxylation sites is 1. The molecule has 224 valence electrons. The van der Waals surface area contributed by atoms with Gasteiger partial charge in [-0.05, 0) is 107 Å². The number of carbonyl (C=O) groups is 1. The smallest absolute Gasteiger partial charge is 0.261 e. The number of benzene rings is 2. The third-order valence-electron chi connectivity index (χ3n) is 10.00. The van der Waals surface area contributed by atoms with E-state index in [-0.39, 0.29) is 17.9 Å². The molecule has 1 saturated heterocycles. The molecular formula is C36H44N6O. The average molecular weight is 577 g/mol. The lowest BCUT2D eigenvalue weighted by atomic mass is 9.92. The van der Waals surface area contributed by atoms with E-state index in [4.69, 9.17) is 10.4 Å². The molecule has 43 heavy (non-hydrogen) atoms. The summed E-state index contributed by atoms with van der Waals surface area (Å²) in [7, 11) is 1.96. The molecule has 4 heterocycles. The van der Waals surface area contributed by atoms with Crippen molar-refractivity contribution in [3.05, 3.63) is 99.5 Å². The summed E-state index contributed by atoms with van der Waals surface area (Å²) in [5, 5.41) is 11.3. The van der Waals surface area contributed by atoms with Crippen molar-refractivity contribution in [2.45, 2.75) is 53.0 Å². The lowest BCUT2D eigenvalue weighted by Crippen LogP contribution is -2.50. The summed E-state index contributed by atoms with van der Waals surface area (Å²) in [5.74, 6) is 2.56. The fourth-order valence-corrected chi connectivity index (χ4v) is 7.10. The van der Waals surface area contributed by atoms with Crippen LogP contribution in [0.1, 0.15) is 62.0 Å². The maximum Gasteiger partial charge on any atom is 0.261 e. The summed E-state index contributed by atoms with van der Waals surface area (Å²) in [5.41, 5.74) is 8.93. The molecule has 1 fully saturated rings. The molecule has 0 saturated carbocycles. The number of hydrogen-bond donors (Lipinski definition) is 2. The molecule has 0 radical (unpaired) electrons. The number of allylic oxidation sites excluding steroid dienone is 3. The Balaban J connectivity index is 1.42. The van der Waals surface area contributed by atoms with Gasteiger partial charge in [0.15, 0.2) is 0 Å². The highest BCUT2D eigenvalue weighted by molar-refractivity contribution is 6.04. The van der Waals surface area contributed by atoms with Crippen molar-refractivity contribution in [1.82, 2.24) is 15.1 Å². The van der Waals surface area contributed by atoms with Crippen LogP contribution in [0.2, 0.25) is 0 Å². The van der Waals surface area contributed by atoms with E-state index in [1.807, 2.05) is 30.1 Å².